The largest absolute Gasteiger partial charge is 0.495 e. The topological polar surface area (TPSA) is 67.2 Å². The van der Waals surface area contributed by atoms with Crippen molar-refractivity contribution < 1.29 is 9.47 Å². The summed E-state index contributed by atoms with van der Waals surface area (Å²) in [5.41, 5.74) is 2.62. The van der Waals surface area contributed by atoms with Crippen molar-refractivity contribution in [3.8, 4) is 17.6 Å². The molecular formula is C19H16ClN3O2. The molecule has 5 nitrogen and oxygen atoms in total. The first-order chi connectivity index (χ1) is 12.2. The van der Waals surface area contributed by atoms with Crippen LogP contribution in [0.5, 0.6) is 11.5 Å². The molecule has 0 aliphatic heterocycles. The first-order valence-corrected chi connectivity index (χ1v) is 8.10. The van der Waals surface area contributed by atoms with E-state index in [2.05, 4.69) is 16.4 Å². The van der Waals surface area contributed by atoms with Gasteiger partial charge in [-0.2, -0.15) is 5.26 Å². The van der Waals surface area contributed by atoms with Crippen LogP contribution >= 0.6 is 11.6 Å². The van der Waals surface area contributed by atoms with Crippen LogP contribution in [0.2, 0.25) is 5.02 Å². The number of nitrogens with one attached hydrogen (secondary N) is 1. The standard InChI is InChI=1S/C19H16ClN3O2/c1-3-25-14-5-6-17-15(9-14)19(12(10-21)11-22-17)23-13-4-7-18(24-2)16(20)8-13/h4-9,11H,3H2,1-2H3,(H,22,23). The SMILES string of the molecule is CCOc1ccc2ncc(C#N)c(Nc3ccc(OC)c(Cl)c3)c2c1. The highest BCUT2D eigenvalue weighted by Crippen LogP contribution is 2.34. The summed E-state index contributed by atoms with van der Waals surface area (Å²) in [6.07, 6.45) is 1.55. The van der Waals surface area contributed by atoms with Gasteiger partial charge in [0.15, 0.2) is 0 Å². The van der Waals surface area contributed by atoms with Gasteiger partial charge in [-0.05, 0) is 43.3 Å². The van der Waals surface area contributed by atoms with E-state index in [1.165, 1.54) is 0 Å². The third-order valence-corrected chi connectivity index (χ3v) is 3.99. The van der Waals surface area contributed by atoms with E-state index < -0.39 is 0 Å². The van der Waals surface area contributed by atoms with Crippen molar-refractivity contribution in [2.45, 2.75) is 6.92 Å². The second-order valence-corrected chi connectivity index (χ2v) is 5.65. The Morgan fingerprint density at radius 1 is 1.24 bits per heavy atom. The minimum absolute atomic E-state index is 0.438. The van der Waals surface area contributed by atoms with E-state index in [1.807, 2.05) is 31.2 Å². The first-order valence-electron chi connectivity index (χ1n) is 7.72. The van der Waals surface area contributed by atoms with Gasteiger partial charge in [0.1, 0.15) is 17.6 Å². The summed E-state index contributed by atoms with van der Waals surface area (Å²) in [7, 11) is 1.56. The molecule has 3 rings (SSSR count). The van der Waals surface area contributed by atoms with Gasteiger partial charge in [0.05, 0.1) is 35.5 Å². The van der Waals surface area contributed by atoms with Crippen molar-refractivity contribution in [1.29, 1.82) is 5.26 Å². The van der Waals surface area contributed by atoms with E-state index in [0.717, 1.165) is 22.3 Å². The number of fused-ring (bicyclic) bond motifs is 1. The fourth-order valence-corrected chi connectivity index (χ4v) is 2.79. The number of benzene rings is 2. The number of anilines is 2. The van der Waals surface area contributed by atoms with E-state index >= 15 is 0 Å². The lowest BCUT2D eigenvalue weighted by Gasteiger charge is -2.13. The quantitative estimate of drug-likeness (QED) is 0.705. The van der Waals surface area contributed by atoms with Crippen molar-refractivity contribution >= 4 is 33.9 Å². The Bertz CT molecular complexity index is 967. The average Bonchev–Trinajstić information content (AvgIpc) is 2.62. The maximum atomic E-state index is 9.46. The highest BCUT2D eigenvalue weighted by Gasteiger charge is 2.11. The molecule has 0 amide bonds. The maximum Gasteiger partial charge on any atom is 0.137 e. The molecule has 1 heterocycles. The van der Waals surface area contributed by atoms with Crippen LogP contribution < -0.4 is 14.8 Å². The zero-order valence-electron chi connectivity index (χ0n) is 13.8. The fraction of sp³-hybridized carbons (Fsp3) is 0.158. The first kappa shape index (κ1) is 16.9. The Balaban J connectivity index is 2.11. The highest BCUT2D eigenvalue weighted by molar-refractivity contribution is 6.32. The molecule has 0 unspecified atom stereocenters. The molecule has 126 valence electrons. The van der Waals surface area contributed by atoms with Gasteiger partial charge in [-0.15, -0.1) is 0 Å². The van der Waals surface area contributed by atoms with Gasteiger partial charge in [0, 0.05) is 17.3 Å². The van der Waals surface area contributed by atoms with Crippen molar-refractivity contribution in [2.24, 2.45) is 0 Å². The molecule has 1 N–H and O–H groups in total. The summed E-state index contributed by atoms with van der Waals surface area (Å²) < 4.78 is 10.7. The van der Waals surface area contributed by atoms with Crippen LogP contribution in [0.1, 0.15) is 12.5 Å². The number of rotatable bonds is 5. The summed E-state index contributed by atoms with van der Waals surface area (Å²) in [5, 5.41) is 14.0. The molecule has 3 aromatic rings. The number of aromatic nitrogens is 1. The van der Waals surface area contributed by atoms with Crippen molar-refractivity contribution in [2.75, 3.05) is 19.0 Å². The van der Waals surface area contributed by atoms with Crippen LogP contribution in [-0.2, 0) is 0 Å². The van der Waals surface area contributed by atoms with Gasteiger partial charge in [0.25, 0.3) is 0 Å². The molecule has 0 spiro atoms. The predicted octanol–water partition coefficient (Wildman–Crippen LogP) is 4.91. The number of methoxy groups -OCH3 is 1. The highest BCUT2D eigenvalue weighted by atomic mass is 35.5. The Morgan fingerprint density at radius 2 is 2.08 bits per heavy atom. The monoisotopic (exact) mass is 353 g/mol. The van der Waals surface area contributed by atoms with Crippen molar-refractivity contribution in [3.05, 3.63) is 53.2 Å². The lowest BCUT2D eigenvalue weighted by molar-refractivity contribution is 0.340. The fourth-order valence-electron chi connectivity index (χ4n) is 2.54. The van der Waals surface area contributed by atoms with Crippen molar-refractivity contribution in [1.82, 2.24) is 4.98 Å². The molecule has 0 radical (unpaired) electrons. The molecule has 1 aromatic heterocycles. The number of hydrogen-bond donors (Lipinski definition) is 1. The van der Waals surface area contributed by atoms with Gasteiger partial charge in [0.2, 0.25) is 0 Å². The molecule has 2 aromatic carbocycles. The van der Waals surface area contributed by atoms with E-state index in [0.29, 0.717) is 28.6 Å². The maximum absolute atomic E-state index is 9.46. The van der Waals surface area contributed by atoms with E-state index in [9.17, 15) is 5.26 Å². The molecule has 0 aliphatic carbocycles. The second kappa shape index (κ2) is 7.29. The second-order valence-electron chi connectivity index (χ2n) is 5.24. The summed E-state index contributed by atoms with van der Waals surface area (Å²) in [6.45, 7) is 2.49. The smallest absolute Gasteiger partial charge is 0.137 e. The molecule has 6 heteroatoms. The van der Waals surface area contributed by atoms with E-state index in [1.54, 1.807) is 25.4 Å². The molecular weight excluding hydrogens is 338 g/mol. The van der Waals surface area contributed by atoms with E-state index in [-0.39, 0.29) is 0 Å². The van der Waals surface area contributed by atoms with Crippen LogP contribution in [0.3, 0.4) is 0 Å². The lowest BCUT2D eigenvalue weighted by atomic mass is 10.1. The average molecular weight is 354 g/mol. The van der Waals surface area contributed by atoms with Gasteiger partial charge in [-0.1, -0.05) is 11.6 Å². The number of nitrogens with zero attached hydrogens (tertiary/aromatic N) is 2. The molecule has 25 heavy (non-hydrogen) atoms. The summed E-state index contributed by atoms with van der Waals surface area (Å²) in [4.78, 5) is 4.34. The number of hydrogen-bond acceptors (Lipinski definition) is 5. The minimum atomic E-state index is 0.438. The Labute approximate surface area is 150 Å². The number of ether oxygens (including phenoxy) is 2. The van der Waals surface area contributed by atoms with Crippen LogP contribution in [-0.4, -0.2) is 18.7 Å². The van der Waals surface area contributed by atoms with Gasteiger partial charge in [-0.3, -0.25) is 4.98 Å². The molecule has 0 atom stereocenters. The van der Waals surface area contributed by atoms with Crippen molar-refractivity contribution in [3.63, 3.8) is 0 Å². The zero-order chi connectivity index (χ0) is 17.8. The Hall–Kier alpha value is -2.97. The van der Waals surface area contributed by atoms with Gasteiger partial charge < -0.3 is 14.8 Å². The van der Waals surface area contributed by atoms with Crippen LogP contribution in [0.15, 0.2) is 42.6 Å². The van der Waals surface area contributed by atoms with E-state index in [4.69, 9.17) is 21.1 Å². The summed E-state index contributed by atoms with van der Waals surface area (Å²) >= 11 is 6.19. The number of halogens is 1. The van der Waals surface area contributed by atoms with Gasteiger partial charge >= 0.3 is 0 Å². The summed E-state index contributed by atoms with van der Waals surface area (Å²) in [5.74, 6) is 1.31. The molecule has 0 bridgehead atoms. The number of pyridine rings is 1. The van der Waals surface area contributed by atoms with Crippen LogP contribution in [0.25, 0.3) is 10.9 Å². The van der Waals surface area contributed by atoms with Gasteiger partial charge in [-0.25, -0.2) is 0 Å². The lowest BCUT2D eigenvalue weighted by Crippen LogP contribution is -1.98. The zero-order valence-corrected chi connectivity index (χ0v) is 14.6. The normalized spacial score (nSPS) is 10.3. The number of nitriles is 1. The molecule has 0 aliphatic rings. The summed E-state index contributed by atoms with van der Waals surface area (Å²) in [6, 6.07) is 13.1. The third kappa shape index (κ3) is 3.44. The molecule has 0 fully saturated rings. The molecule has 0 saturated carbocycles. The van der Waals surface area contributed by atoms with Crippen LogP contribution in [0, 0.1) is 11.3 Å². The third-order valence-electron chi connectivity index (χ3n) is 3.69. The van der Waals surface area contributed by atoms with Crippen LogP contribution in [0.4, 0.5) is 11.4 Å². The predicted molar refractivity (Wildman–Crippen MR) is 98.9 cm³/mol. The minimum Gasteiger partial charge on any atom is -0.495 e. The Kier molecular flexibility index (Phi) is 4.92. The Morgan fingerprint density at radius 3 is 2.76 bits per heavy atom. The molecule has 0 saturated heterocycles.